The number of aromatic nitrogens is 3. The lowest BCUT2D eigenvalue weighted by molar-refractivity contribution is -0.141. The second kappa shape index (κ2) is 7.32. The van der Waals surface area contributed by atoms with E-state index in [9.17, 15) is 18.0 Å². The molecule has 0 spiro atoms. The average Bonchev–Trinajstić information content (AvgIpc) is 3.21. The van der Waals surface area contributed by atoms with Gasteiger partial charge in [0.25, 0.3) is 5.91 Å². The molecule has 27 heavy (non-hydrogen) atoms. The highest BCUT2D eigenvalue weighted by molar-refractivity contribution is 7.19. The molecule has 5 nitrogen and oxygen atoms in total. The van der Waals surface area contributed by atoms with Crippen LogP contribution < -0.4 is 5.32 Å². The number of thiazole rings is 1. The number of carbonyl (C=O) groups excluding carboxylic acids is 1. The Morgan fingerprint density at radius 3 is 2.52 bits per heavy atom. The van der Waals surface area contributed by atoms with E-state index in [1.807, 2.05) is 0 Å². The molecule has 0 saturated heterocycles. The van der Waals surface area contributed by atoms with Gasteiger partial charge in [0.15, 0.2) is 10.8 Å². The molecule has 0 radical (unpaired) electrons. The predicted octanol–water partition coefficient (Wildman–Crippen LogP) is 5.51. The maximum atomic E-state index is 13.0. The van der Waals surface area contributed by atoms with Crippen molar-refractivity contribution in [3.8, 4) is 10.6 Å². The maximum Gasteiger partial charge on any atom is 0.435 e. The Labute approximate surface area is 161 Å². The molecule has 2 heterocycles. The van der Waals surface area contributed by atoms with Crippen LogP contribution in [0.4, 0.5) is 18.3 Å². The number of anilines is 1. The number of hydrogen-bond acceptors (Lipinski definition) is 4. The first-order valence-corrected chi connectivity index (χ1v) is 9.04. The topological polar surface area (TPSA) is 59.8 Å². The molecule has 0 saturated carbocycles. The minimum absolute atomic E-state index is 0.273. The molecule has 10 heteroatoms. The maximum absolute atomic E-state index is 13.0. The predicted molar refractivity (Wildman–Crippen MR) is 98.1 cm³/mol. The van der Waals surface area contributed by atoms with Crippen molar-refractivity contribution in [2.24, 2.45) is 0 Å². The summed E-state index contributed by atoms with van der Waals surface area (Å²) < 4.78 is 40.3. The molecule has 2 aromatic heterocycles. The van der Waals surface area contributed by atoms with Crippen molar-refractivity contribution in [2.45, 2.75) is 26.1 Å². The number of halogens is 4. The molecular formula is C17H14ClF3N4OS. The third kappa shape index (κ3) is 4.30. The standard InChI is InChI=1S/C17H14ClF3N4OS/c1-9(2)25-12(7-14(24-25)17(19,20)21)13-8-22-16(27-13)23-15(26)10-3-5-11(18)6-4-10/h3-9H,1-2H3,(H,22,23,26). The molecule has 0 bridgehead atoms. The van der Waals surface area contributed by atoms with Crippen LogP contribution in [0.15, 0.2) is 36.5 Å². The molecule has 3 aromatic rings. The van der Waals surface area contributed by atoms with Crippen LogP contribution in [-0.2, 0) is 6.18 Å². The third-order valence-corrected chi connectivity index (χ3v) is 4.79. The Kier molecular flexibility index (Phi) is 5.25. The molecule has 0 aliphatic rings. The SMILES string of the molecule is CC(C)n1nc(C(F)(F)F)cc1-c1cnc(NC(=O)c2ccc(Cl)cc2)s1. The van der Waals surface area contributed by atoms with Crippen LogP contribution in [-0.4, -0.2) is 20.7 Å². The van der Waals surface area contributed by atoms with E-state index >= 15 is 0 Å². The normalized spacial score (nSPS) is 11.8. The number of carbonyl (C=O) groups is 1. The molecule has 0 fully saturated rings. The highest BCUT2D eigenvalue weighted by Crippen LogP contribution is 2.36. The van der Waals surface area contributed by atoms with E-state index in [-0.39, 0.29) is 17.1 Å². The minimum Gasteiger partial charge on any atom is -0.298 e. The molecular weight excluding hydrogens is 401 g/mol. The molecule has 1 aromatic carbocycles. The van der Waals surface area contributed by atoms with Crippen molar-refractivity contribution < 1.29 is 18.0 Å². The number of amides is 1. The van der Waals surface area contributed by atoms with Gasteiger partial charge >= 0.3 is 6.18 Å². The van der Waals surface area contributed by atoms with E-state index < -0.39 is 11.9 Å². The van der Waals surface area contributed by atoms with Gasteiger partial charge in [-0.25, -0.2) is 4.98 Å². The summed E-state index contributed by atoms with van der Waals surface area (Å²) in [6.07, 6.45) is -3.12. The zero-order chi connectivity index (χ0) is 19.8. The van der Waals surface area contributed by atoms with Crippen molar-refractivity contribution in [2.75, 3.05) is 5.32 Å². The van der Waals surface area contributed by atoms with Gasteiger partial charge in [-0.1, -0.05) is 22.9 Å². The second-order valence-electron chi connectivity index (χ2n) is 5.94. The summed E-state index contributed by atoms with van der Waals surface area (Å²) in [6.45, 7) is 3.47. The summed E-state index contributed by atoms with van der Waals surface area (Å²) in [5.41, 5.74) is -0.282. The first-order chi connectivity index (χ1) is 12.6. The van der Waals surface area contributed by atoms with E-state index in [2.05, 4.69) is 15.4 Å². The summed E-state index contributed by atoms with van der Waals surface area (Å²) >= 11 is 6.86. The summed E-state index contributed by atoms with van der Waals surface area (Å²) in [5.74, 6) is -0.388. The zero-order valence-electron chi connectivity index (χ0n) is 14.2. The van der Waals surface area contributed by atoms with Crippen molar-refractivity contribution in [3.05, 3.63) is 52.8 Å². The van der Waals surface area contributed by atoms with Crippen LogP contribution in [0, 0.1) is 0 Å². The fraction of sp³-hybridized carbons (Fsp3) is 0.235. The Balaban J connectivity index is 1.86. The third-order valence-electron chi connectivity index (χ3n) is 3.60. The molecule has 1 N–H and O–H groups in total. The highest BCUT2D eigenvalue weighted by atomic mass is 35.5. The number of benzene rings is 1. The Morgan fingerprint density at radius 1 is 1.26 bits per heavy atom. The van der Waals surface area contributed by atoms with Gasteiger partial charge in [-0.05, 0) is 44.2 Å². The lowest BCUT2D eigenvalue weighted by Gasteiger charge is -2.09. The van der Waals surface area contributed by atoms with Crippen LogP contribution in [0.5, 0.6) is 0 Å². The van der Waals surface area contributed by atoms with Gasteiger partial charge < -0.3 is 0 Å². The van der Waals surface area contributed by atoms with Gasteiger partial charge in [0.1, 0.15) is 0 Å². The van der Waals surface area contributed by atoms with Crippen LogP contribution in [0.25, 0.3) is 10.6 Å². The van der Waals surface area contributed by atoms with Gasteiger partial charge in [0, 0.05) is 22.8 Å². The van der Waals surface area contributed by atoms with Crippen LogP contribution in [0.1, 0.15) is 35.9 Å². The fourth-order valence-electron chi connectivity index (χ4n) is 2.33. The number of nitrogens with one attached hydrogen (secondary N) is 1. The van der Waals surface area contributed by atoms with E-state index in [4.69, 9.17) is 11.6 Å². The number of rotatable bonds is 4. The molecule has 3 rings (SSSR count). The van der Waals surface area contributed by atoms with Gasteiger partial charge in [-0.15, -0.1) is 0 Å². The second-order valence-corrected chi connectivity index (χ2v) is 7.41. The molecule has 0 unspecified atom stereocenters. The van der Waals surface area contributed by atoms with Crippen LogP contribution in [0.3, 0.4) is 0 Å². The summed E-state index contributed by atoms with van der Waals surface area (Å²) in [5, 5.41) is 7.06. The smallest absolute Gasteiger partial charge is 0.298 e. The van der Waals surface area contributed by atoms with E-state index in [1.54, 1.807) is 38.1 Å². The van der Waals surface area contributed by atoms with Gasteiger partial charge in [0.05, 0.1) is 10.6 Å². The van der Waals surface area contributed by atoms with Gasteiger partial charge in [-0.2, -0.15) is 18.3 Å². The number of nitrogens with zero attached hydrogens (tertiary/aromatic N) is 3. The van der Waals surface area contributed by atoms with Gasteiger partial charge in [0.2, 0.25) is 0 Å². The molecule has 142 valence electrons. The minimum atomic E-state index is -4.54. The van der Waals surface area contributed by atoms with Crippen LogP contribution in [0.2, 0.25) is 5.02 Å². The van der Waals surface area contributed by atoms with E-state index in [0.717, 1.165) is 17.4 Å². The summed E-state index contributed by atoms with van der Waals surface area (Å²) in [4.78, 5) is 16.8. The lowest BCUT2D eigenvalue weighted by Crippen LogP contribution is -2.11. The first kappa shape index (κ1) is 19.4. The first-order valence-electron chi connectivity index (χ1n) is 7.85. The van der Waals surface area contributed by atoms with Crippen molar-refractivity contribution in [1.29, 1.82) is 0 Å². The van der Waals surface area contributed by atoms with Crippen molar-refractivity contribution >= 4 is 34.0 Å². The average molecular weight is 415 g/mol. The Morgan fingerprint density at radius 2 is 1.93 bits per heavy atom. The fourth-order valence-corrected chi connectivity index (χ4v) is 3.28. The molecule has 0 aliphatic carbocycles. The Hall–Kier alpha value is -2.39. The summed E-state index contributed by atoms with van der Waals surface area (Å²) in [7, 11) is 0. The zero-order valence-corrected chi connectivity index (χ0v) is 15.8. The van der Waals surface area contributed by atoms with Crippen LogP contribution >= 0.6 is 22.9 Å². The Bertz CT molecular complexity index is 963. The highest BCUT2D eigenvalue weighted by Gasteiger charge is 2.35. The molecule has 0 atom stereocenters. The van der Waals surface area contributed by atoms with E-state index in [1.165, 1.54) is 10.9 Å². The van der Waals surface area contributed by atoms with Crippen molar-refractivity contribution in [1.82, 2.24) is 14.8 Å². The number of hydrogen-bond donors (Lipinski definition) is 1. The van der Waals surface area contributed by atoms with E-state index in [0.29, 0.717) is 21.2 Å². The lowest BCUT2D eigenvalue weighted by atomic mass is 10.2. The largest absolute Gasteiger partial charge is 0.435 e. The van der Waals surface area contributed by atoms with Gasteiger partial charge in [-0.3, -0.25) is 14.8 Å². The number of alkyl halides is 3. The monoisotopic (exact) mass is 414 g/mol. The molecule has 0 aliphatic heterocycles. The summed E-state index contributed by atoms with van der Waals surface area (Å²) in [6, 6.07) is 7.02. The quantitative estimate of drug-likeness (QED) is 0.612. The molecule has 1 amide bonds. The van der Waals surface area contributed by atoms with Crippen molar-refractivity contribution in [3.63, 3.8) is 0 Å².